The molecule has 3 aromatic carbocycles. The Morgan fingerprint density at radius 1 is 0.971 bits per heavy atom. The number of anilines is 1. The molecule has 0 radical (unpaired) electrons. The van der Waals surface area contributed by atoms with Crippen molar-refractivity contribution in [2.45, 2.75) is 38.6 Å². The maximum atomic E-state index is 12.8. The number of carbonyl (C=O) groups is 2. The van der Waals surface area contributed by atoms with Gasteiger partial charge in [0.25, 0.3) is 5.91 Å². The van der Waals surface area contributed by atoms with Gasteiger partial charge in [-0.25, -0.2) is 0 Å². The van der Waals surface area contributed by atoms with Crippen molar-refractivity contribution < 1.29 is 18.4 Å². The van der Waals surface area contributed by atoms with Gasteiger partial charge in [-0.2, -0.15) is 4.55 Å². The highest BCUT2D eigenvalue weighted by atomic mass is 32.3. The Morgan fingerprint density at radius 2 is 1.62 bits per heavy atom. The molecule has 0 saturated carbocycles. The van der Waals surface area contributed by atoms with Crippen LogP contribution in [0.1, 0.15) is 39.5 Å². The minimum Gasteiger partial charge on any atom is -0.337 e. The first-order valence-corrected chi connectivity index (χ1v) is 12.8. The SMILES string of the molecule is CC[S+](=O)(O)c1ccc(CC(=O)Nc2ccc(C(=O)N(C)Cc3ccc(C)cc3C)cc2)cc1. The maximum absolute atomic E-state index is 12.8. The minimum atomic E-state index is -3.01. The van der Waals surface area contributed by atoms with Gasteiger partial charge in [0.15, 0.2) is 4.90 Å². The number of nitrogens with zero attached hydrogens (tertiary/aromatic N) is 1. The lowest BCUT2D eigenvalue weighted by molar-refractivity contribution is -0.115. The number of benzene rings is 3. The van der Waals surface area contributed by atoms with Gasteiger partial charge < -0.3 is 10.2 Å². The third kappa shape index (κ3) is 6.40. The fourth-order valence-corrected chi connectivity index (χ4v) is 4.54. The second kappa shape index (κ2) is 10.8. The number of carbonyl (C=O) groups excluding carboxylic acids is 2. The van der Waals surface area contributed by atoms with E-state index in [0.717, 1.165) is 16.7 Å². The summed E-state index contributed by atoms with van der Waals surface area (Å²) < 4.78 is 21.9. The van der Waals surface area contributed by atoms with Crippen LogP contribution < -0.4 is 5.32 Å². The molecular formula is C27H31N2O4S+. The molecular weight excluding hydrogens is 448 g/mol. The van der Waals surface area contributed by atoms with Gasteiger partial charge in [-0.15, -0.1) is 0 Å². The Balaban J connectivity index is 1.58. The van der Waals surface area contributed by atoms with Gasteiger partial charge in [-0.1, -0.05) is 40.1 Å². The van der Waals surface area contributed by atoms with Crippen molar-refractivity contribution in [3.05, 3.63) is 94.5 Å². The number of nitrogens with one attached hydrogen (secondary N) is 1. The van der Waals surface area contributed by atoms with Crippen molar-refractivity contribution in [3.8, 4) is 0 Å². The Labute approximate surface area is 202 Å². The van der Waals surface area contributed by atoms with Gasteiger partial charge in [-0.3, -0.25) is 9.59 Å². The standard InChI is InChI=1S/C27H30N2O4S/c1-5-34(32,33)25-14-7-21(8-15-25)17-26(30)28-24-12-10-22(11-13-24)27(31)29(4)18-23-9-6-19(2)16-20(23)3/h6-16H,5,17-18H2,1-4H3,(H-,28,30,31,32,33)/p+1. The summed E-state index contributed by atoms with van der Waals surface area (Å²) in [5.74, 6) is -0.156. The van der Waals surface area contributed by atoms with Crippen LogP contribution in [0.25, 0.3) is 0 Å². The molecule has 7 heteroatoms. The number of aryl methyl sites for hydroxylation is 2. The molecule has 0 aliphatic rings. The van der Waals surface area contributed by atoms with E-state index in [4.69, 9.17) is 0 Å². The number of rotatable bonds is 8. The summed E-state index contributed by atoms with van der Waals surface area (Å²) in [6, 6.07) is 19.6. The Kier molecular flexibility index (Phi) is 8.02. The van der Waals surface area contributed by atoms with E-state index in [1.165, 1.54) is 5.56 Å². The lowest BCUT2D eigenvalue weighted by atomic mass is 10.1. The van der Waals surface area contributed by atoms with Crippen LogP contribution in [-0.2, 0) is 32.2 Å². The topological polar surface area (TPSA) is 86.7 Å². The first-order chi connectivity index (χ1) is 16.1. The lowest BCUT2D eigenvalue weighted by Gasteiger charge is -2.19. The molecule has 3 aromatic rings. The molecule has 1 unspecified atom stereocenters. The number of hydrogen-bond donors (Lipinski definition) is 2. The summed E-state index contributed by atoms with van der Waals surface area (Å²) in [6.07, 6.45) is 0.137. The second-order valence-corrected chi connectivity index (χ2v) is 10.8. The molecule has 0 aliphatic carbocycles. The molecule has 2 amide bonds. The summed E-state index contributed by atoms with van der Waals surface area (Å²) in [5, 5.41) is 2.82. The van der Waals surface area contributed by atoms with Crippen molar-refractivity contribution in [2.75, 3.05) is 18.1 Å². The normalized spacial score (nSPS) is 12.6. The zero-order valence-electron chi connectivity index (χ0n) is 20.0. The highest BCUT2D eigenvalue weighted by molar-refractivity contribution is 7.97. The van der Waals surface area contributed by atoms with E-state index in [9.17, 15) is 18.4 Å². The summed E-state index contributed by atoms with van der Waals surface area (Å²) >= 11 is 0. The number of hydrogen-bond acceptors (Lipinski definition) is 3. The average molecular weight is 480 g/mol. The lowest BCUT2D eigenvalue weighted by Crippen LogP contribution is -2.26. The molecule has 178 valence electrons. The molecule has 6 nitrogen and oxygen atoms in total. The van der Waals surface area contributed by atoms with Crippen molar-refractivity contribution in [1.82, 2.24) is 4.90 Å². The molecule has 1 atom stereocenters. The Hall–Kier alpha value is -3.29. The summed E-state index contributed by atoms with van der Waals surface area (Å²) in [5.41, 5.74) is 5.34. The highest BCUT2D eigenvalue weighted by Gasteiger charge is 2.25. The van der Waals surface area contributed by atoms with E-state index < -0.39 is 10.2 Å². The van der Waals surface area contributed by atoms with Crippen molar-refractivity contribution in [1.29, 1.82) is 0 Å². The predicted octanol–water partition coefficient (Wildman–Crippen LogP) is 5.11. The number of amides is 2. The van der Waals surface area contributed by atoms with Gasteiger partial charge >= 0.3 is 0 Å². The molecule has 2 N–H and O–H groups in total. The molecule has 0 bridgehead atoms. The van der Waals surface area contributed by atoms with E-state index in [1.54, 1.807) is 67.4 Å². The molecule has 0 saturated heterocycles. The highest BCUT2D eigenvalue weighted by Crippen LogP contribution is 2.19. The van der Waals surface area contributed by atoms with Crippen LogP contribution in [0.3, 0.4) is 0 Å². The zero-order valence-corrected chi connectivity index (χ0v) is 20.8. The van der Waals surface area contributed by atoms with E-state index >= 15 is 0 Å². The summed E-state index contributed by atoms with van der Waals surface area (Å²) in [7, 11) is -1.24. The summed E-state index contributed by atoms with van der Waals surface area (Å²) in [6.45, 7) is 6.27. The maximum Gasteiger partial charge on any atom is 0.253 e. The van der Waals surface area contributed by atoms with E-state index in [-0.39, 0.29) is 24.0 Å². The molecule has 0 aliphatic heterocycles. The van der Waals surface area contributed by atoms with Crippen molar-refractivity contribution in [3.63, 3.8) is 0 Å². The molecule has 3 rings (SSSR count). The smallest absolute Gasteiger partial charge is 0.253 e. The van der Waals surface area contributed by atoms with Crippen LogP contribution in [0.4, 0.5) is 5.69 Å². The quantitative estimate of drug-likeness (QED) is 0.440. The third-order valence-corrected chi connectivity index (χ3v) is 7.51. The van der Waals surface area contributed by atoms with Gasteiger partial charge in [0.05, 0.1) is 6.42 Å². The first kappa shape index (κ1) is 25.3. The predicted molar refractivity (Wildman–Crippen MR) is 136 cm³/mol. The monoisotopic (exact) mass is 479 g/mol. The van der Waals surface area contributed by atoms with Crippen LogP contribution in [0.15, 0.2) is 71.6 Å². The largest absolute Gasteiger partial charge is 0.337 e. The van der Waals surface area contributed by atoms with Gasteiger partial charge in [0.2, 0.25) is 16.1 Å². The molecule has 34 heavy (non-hydrogen) atoms. The van der Waals surface area contributed by atoms with Crippen molar-refractivity contribution in [2.24, 2.45) is 0 Å². The molecule has 0 spiro atoms. The Morgan fingerprint density at radius 3 is 2.21 bits per heavy atom. The van der Waals surface area contributed by atoms with Gasteiger partial charge in [0.1, 0.15) is 5.75 Å². The van der Waals surface area contributed by atoms with Gasteiger partial charge in [-0.05, 0) is 73.9 Å². The van der Waals surface area contributed by atoms with Crippen molar-refractivity contribution >= 4 is 27.7 Å². The zero-order chi connectivity index (χ0) is 24.9. The van der Waals surface area contributed by atoms with E-state index in [2.05, 4.69) is 11.4 Å². The first-order valence-electron chi connectivity index (χ1n) is 11.1. The minimum absolute atomic E-state index is 0.0921. The van der Waals surface area contributed by atoms with Crippen LogP contribution in [-0.4, -0.2) is 34.1 Å². The van der Waals surface area contributed by atoms with Crippen LogP contribution in [0.5, 0.6) is 0 Å². The molecule has 0 heterocycles. The van der Waals surface area contributed by atoms with E-state index in [0.29, 0.717) is 22.7 Å². The van der Waals surface area contributed by atoms with Crippen LogP contribution in [0.2, 0.25) is 0 Å². The molecule has 0 fully saturated rings. The summed E-state index contributed by atoms with van der Waals surface area (Å²) in [4.78, 5) is 27.3. The Bertz CT molecular complexity index is 1220. The molecule has 0 aromatic heterocycles. The third-order valence-electron chi connectivity index (χ3n) is 5.72. The fourth-order valence-electron chi connectivity index (χ4n) is 3.64. The average Bonchev–Trinajstić information content (AvgIpc) is 2.81. The second-order valence-electron chi connectivity index (χ2n) is 8.47. The fraction of sp³-hybridized carbons (Fsp3) is 0.259. The van der Waals surface area contributed by atoms with Crippen LogP contribution in [0, 0.1) is 13.8 Å². The van der Waals surface area contributed by atoms with E-state index in [1.807, 2.05) is 26.0 Å². The van der Waals surface area contributed by atoms with Gasteiger partial charge in [0, 0.05) is 24.8 Å². The van der Waals surface area contributed by atoms with Crippen LogP contribution >= 0.6 is 0 Å².